The van der Waals surface area contributed by atoms with Gasteiger partial charge < -0.3 is 4.74 Å². The third-order valence-electron chi connectivity index (χ3n) is 1.19. The Bertz CT molecular complexity index is 271. The zero-order chi connectivity index (χ0) is 8.27. The Morgan fingerprint density at radius 2 is 2.50 bits per heavy atom. The van der Waals surface area contributed by atoms with Gasteiger partial charge in [-0.3, -0.25) is 4.79 Å². The molecule has 0 N–H and O–H groups in total. The monoisotopic (exact) mass is 137 g/mol. The molecule has 0 bridgehead atoms. The summed E-state index contributed by atoms with van der Waals surface area (Å²) in [7, 11) is 1.52. The molecule has 0 aliphatic carbocycles. The van der Waals surface area contributed by atoms with Gasteiger partial charge in [0.15, 0.2) is 0 Å². The van der Waals surface area contributed by atoms with E-state index in [1.165, 1.54) is 13.2 Å². The van der Waals surface area contributed by atoms with Gasteiger partial charge in [0.25, 0.3) is 0 Å². The van der Waals surface area contributed by atoms with Crippen molar-refractivity contribution in [1.82, 2.24) is 0 Å². The third-order valence-corrected chi connectivity index (χ3v) is 1.19. The summed E-state index contributed by atoms with van der Waals surface area (Å²) in [5.41, 5.74) is 0.351. The summed E-state index contributed by atoms with van der Waals surface area (Å²) in [6.45, 7) is 0. The number of ether oxygens (including phenoxy) is 1. The number of hydrogen-bond donors (Lipinski definition) is 0. The second-order valence-electron chi connectivity index (χ2n) is 1.83. The van der Waals surface area contributed by atoms with Gasteiger partial charge in [-0.1, -0.05) is 12.1 Å². The van der Waals surface area contributed by atoms with E-state index in [-0.39, 0.29) is 0 Å². The SMILES string of the molecule is [2H]C(=O)c1cccc(OC)c1. The Balaban J connectivity index is 3.01. The van der Waals surface area contributed by atoms with Gasteiger partial charge in [0.05, 0.1) is 7.11 Å². The van der Waals surface area contributed by atoms with Crippen LogP contribution in [0.25, 0.3) is 0 Å². The summed E-state index contributed by atoms with van der Waals surface area (Å²) in [6.07, 6.45) is -0.691. The van der Waals surface area contributed by atoms with E-state index in [0.29, 0.717) is 11.3 Å². The molecule has 1 rings (SSSR count). The zero-order valence-corrected chi connectivity index (χ0v) is 5.63. The smallest absolute Gasteiger partial charge is 0.150 e. The van der Waals surface area contributed by atoms with E-state index in [9.17, 15) is 4.79 Å². The van der Waals surface area contributed by atoms with Crippen molar-refractivity contribution in [2.45, 2.75) is 0 Å². The molecule has 0 saturated heterocycles. The van der Waals surface area contributed by atoms with Gasteiger partial charge in [-0.05, 0) is 12.1 Å². The summed E-state index contributed by atoms with van der Waals surface area (Å²) >= 11 is 0. The summed E-state index contributed by atoms with van der Waals surface area (Å²) in [4.78, 5) is 10.5. The Morgan fingerprint density at radius 3 is 3.10 bits per heavy atom. The van der Waals surface area contributed by atoms with Crippen LogP contribution in [0, 0.1) is 0 Å². The van der Waals surface area contributed by atoms with E-state index >= 15 is 0 Å². The molecule has 1 aromatic carbocycles. The van der Waals surface area contributed by atoms with Crippen molar-refractivity contribution in [2.24, 2.45) is 0 Å². The quantitative estimate of drug-likeness (QED) is 0.577. The Hall–Kier alpha value is -1.31. The zero-order valence-electron chi connectivity index (χ0n) is 6.63. The standard InChI is InChI=1S/C8H8O2/c1-10-8-4-2-3-7(5-8)6-9/h2-6H,1H3/i6D. The molecule has 0 unspecified atom stereocenters. The lowest BCUT2D eigenvalue weighted by Gasteiger charge is -1.97. The third kappa shape index (κ3) is 1.35. The molecule has 0 radical (unpaired) electrons. The van der Waals surface area contributed by atoms with Crippen molar-refractivity contribution in [1.29, 1.82) is 0 Å². The van der Waals surface area contributed by atoms with Crippen LogP contribution in [0.2, 0.25) is 0 Å². The minimum atomic E-state index is -0.691. The van der Waals surface area contributed by atoms with E-state index in [4.69, 9.17) is 6.11 Å². The van der Waals surface area contributed by atoms with Crippen LogP contribution < -0.4 is 4.74 Å². The highest BCUT2D eigenvalue weighted by Crippen LogP contribution is 2.10. The van der Waals surface area contributed by atoms with Gasteiger partial charge in [0.2, 0.25) is 0 Å². The molecule has 0 aliphatic heterocycles. The first-order valence-corrected chi connectivity index (χ1v) is 2.89. The fourth-order valence-corrected chi connectivity index (χ4v) is 0.687. The maximum Gasteiger partial charge on any atom is 0.150 e. The molecule has 0 atom stereocenters. The molecule has 0 amide bonds. The van der Waals surface area contributed by atoms with Crippen LogP contribution >= 0.6 is 0 Å². The van der Waals surface area contributed by atoms with Crippen LogP contribution in [0.3, 0.4) is 0 Å². The van der Waals surface area contributed by atoms with Gasteiger partial charge in [-0.25, -0.2) is 0 Å². The Morgan fingerprint density at radius 1 is 1.70 bits per heavy atom. The molecule has 2 heteroatoms. The first kappa shape index (κ1) is 5.47. The highest BCUT2D eigenvalue weighted by atomic mass is 16.5. The van der Waals surface area contributed by atoms with Crippen LogP contribution in [0.1, 0.15) is 11.7 Å². The minimum Gasteiger partial charge on any atom is -0.497 e. The van der Waals surface area contributed by atoms with Crippen molar-refractivity contribution >= 4 is 6.26 Å². The van der Waals surface area contributed by atoms with E-state index in [1.807, 2.05) is 0 Å². The van der Waals surface area contributed by atoms with Gasteiger partial charge in [-0.2, -0.15) is 0 Å². The molecule has 52 valence electrons. The molecule has 0 aromatic heterocycles. The van der Waals surface area contributed by atoms with Crippen LogP contribution in [0.4, 0.5) is 0 Å². The molecular weight excluding hydrogens is 128 g/mol. The highest BCUT2D eigenvalue weighted by Gasteiger charge is 1.90. The van der Waals surface area contributed by atoms with E-state index in [1.54, 1.807) is 18.2 Å². The Labute approximate surface area is 60.8 Å². The fraction of sp³-hybridized carbons (Fsp3) is 0.125. The van der Waals surface area contributed by atoms with Gasteiger partial charge in [-0.15, -0.1) is 0 Å². The number of methoxy groups -OCH3 is 1. The van der Waals surface area contributed by atoms with Crippen LogP contribution in [0.5, 0.6) is 5.75 Å². The highest BCUT2D eigenvalue weighted by molar-refractivity contribution is 5.75. The number of benzene rings is 1. The summed E-state index contributed by atoms with van der Waals surface area (Å²) in [5, 5.41) is 0. The normalized spacial score (nSPS) is 10.3. The molecule has 0 saturated carbocycles. The van der Waals surface area contributed by atoms with E-state index in [0.717, 1.165) is 0 Å². The van der Waals surface area contributed by atoms with Crippen molar-refractivity contribution in [3.05, 3.63) is 29.8 Å². The van der Waals surface area contributed by atoms with Crippen LogP contribution in [-0.2, 0) is 0 Å². The number of carbonyl (C=O) groups excluding carboxylic acids is 1. The molecule has 1 aromatic rings. The lowest BCUT2D eigenvalue weighted by molar-refractivity contribution is 0.112. The molecule has 0 heterocycles. The number of hydrogen-bond acceptors (Lipinski definition) is 2. The minimum absolute atomic E-state index is 0.351. The Kier molecular flexibility index (Phi) is 1.65. The summed E-state index contributed by atoms with van der Waals surface area (Å²) in [6, 6.07) is 6.53. The van der Waals surface area contributed by atoms with Gasteiger partial charge in [0, 0.05) is 5.56 Å². The van der Waals surface area contributed by atoms with Crippen molar-refractivity contribution in [3.8, 4) is 5.75 Å². The average Bonchev–Trinajstić information content (AvgIpc) is 2.05. The van der Waals surface area contributed by atoms with E-state index < -0.39 is 6.26 Å². The fourth-order valence-electron chi connectivity index (χ4n) is 0.687. The lowest BCUT2D eigenvalue weighted by Crippen LogP contribution is -1.84. The van der Waals surface area contributed by atoms with Crippen molar-refractivity contribution in [3.63, 3.8) is 0 Å². The van der Waals surface area contributed by atoms with Gasteiger partial charge >= 0.3 is 0 Å². The molecule has 0 fully saturated rings. The number of rotatable bonds is 2. The van der Waals surface area contributed by atoms with Gasteiger partial charge in [0.1, 0.15) is 13.4 Å². The number of aldehydes is 1. The van der Waals surface area contributed by atoms with Crippen molar-refractivity contribution in [2.75, 3.05) is 7.11 Å². The van der Waals surface area contributed by atoms with Crippen LogP contribution in [0.15, 0.2) is 24.3 Å². The average molecular weight is 137 g/mol. The summed E-state index contributed by atoms with van der Waals surface area (Å²) < 4.78 is 11.7. The van der Waals surface area contributed by atoms with Crippen LogP contribution in [-0.4, -0.2) is 13.4 Å². The predicted molar refractivity (Wildman–Crippen MR) is 38.4 cm³/mol. The topological polar surface area (TPSA) is 26.3 Å². The lowest BCUT2D eigenvalue weighted by atomic mass is 10.2. The van der Waals surface area contributed by atoms with E-state index in [2.05, 4.69) is 0 Å². The summed E-state index contributed by atoms with van der Waals surface area (Å²) in [5.74, 6) is 0.600. The second kappa shape index (κ2) is 3.01. The largest absolute Gasteiger partial charge is 0.497 e. The second-order valence-corrected chi connectivity index (χ2v) is 1.83. The number of carbonyl (C=O) groups is 1. The van der Waals surface area contributed by atoms with Crippen molar-refractivity contribution < 1.29 is 10.9 Å². The molecule has 10 heavy (non-hydrogen) atoms. The maximum absolute atomic E-state index is 10.5. The first-order valence-electron chi connectivity index (χ1n) is 3.39. The maximum atomic E-state index is 10.5. The molecule has 0 aliphatic rings. The molecule has 2 nitrogen and oxygen atoms in total. The first-order chi connectivity index (χ1) is 5.24. The molecular formula is C8H8O2. The predicted octanol–water partition coefficient (Wildman–Crippen LogP) is 1.51. The molecule has 0 spiro atoms.